The summed E-state index contributed by atoms with van der Waals surface area (Å²) >= 11 is 0. The highest BCUT2D eigenvalue weighted by Crippen LogP contribution is 1.81. The first-order valence-corrected chi connectivity index (χ1v) is 3.20. The van der Waals surface area contributed by atoms with Crippen LogP contribution in [0.5, 0.6) is 0 Å². The van der Waals surface area contributed by atoms with Gasteiger partial charge in [-0.3, -0.25) is 0 Å². The van der Waals surface area contributed by atoms with Crippen molar-refractivity contribution in [2.24, 2.45) is 0 Å². The number of ether oxygens (including phenoxy) is 1. The highest BCUT2D eigenvalue weighted by Gasteiger charge is 2.01. The average molecular weight is 178 g/mol. The van der Waals surface area contributed by atoms with Gasteiger partial charge in [0.05, 0.1) is 7.11 Å². The standard InChI is InChI=1S/C4H6O2.C3H8O3/c1-3-4(5)6-2;1-2(4)3(5)6/h3H,1H2,2H3;2-6H,1H3. The van der Waals surface area contributed by atoms with Gasteiger partial charge >= 0.3 is 5.97 Å². The molecule has 0 aromatic rings. The Kier molecular flexibility index (Phi) is 9.32. The normalized spacial score (nSPS) is 11.2. The number of aliphatic hydroxyl groups excluding tert-OH is 2. The quantitative estimate of drug-likeness (QED) is 0.287. The van der Waals surface area contributed by atoms with Crippen molar-refractivity contribution in [3.63, 3.8) is 0 Å². The molecule has 72 valence electrons. The van der Waals surface area contributed by atoms with E-state index in [1.54, 1.807) is 0 Å². The topological polar surface area (TPSA) is 87.0 Å². The third kappa shape index (κ3) is 11.8. The Hall–Kier alpha value is -0.910. The lowest BCUT2D eigenvalue weighted by molar-refractivity contribution is -0.134. The van der Waals surface area contributed by atoms with Crippen molar-refractivity contribution in [3.05, 3.63) is 12.7 Å². The average Bonchev–Trinajstić information content (AvgIpc) is 2.04. The zero-order chi connectivity index (χ0) is 10.1. The van der Waals surface area contributed by atoms with Crippen LogP contribution in [0.25, 0.3) is 0 Å². The van der Waals surface area contributed by atoms with E-state index < -0.39 is 18.4 Å². The second-order valence-corrected chi connectivity index (χ2v) is 1.88. The van der Waals surface area contributed by atoms with Crippen molar-refractivity contribution >= 4 is 5.97 Å². The summed E-state index contributed by atoms with van der Waals surface area (Å²) in [5.74, 6) is -0.394. The van der Waals surface area contributed by atoms with E-state index in [-0.39, 0.29) is 0 Å². The van der Waals surface area contributed by atoms with E-state index in [1.807, 2.05) is 0 Å². The fourth-order valence-corrected chi connectivity index (χ4v) is 0.0833. The summed E-state index contributed by atoms with van der Waals surface area (Å²) in [6, 6.07) is 0. The molecular formula is C7H14O5. The van der Waals surface area contributed by atoms with Crippen LogP contribution in [0.4, 0.5) is 0 Å². The third-order valence-electron chi connectivity index (χ3n) is 0.799. The Morgan fingerprint density at radius 2 is 1.83 bits per heavy atom. The molecule has 1 atom stereocenters. The molecule has 0 bridgehead atoms. The lowest BCUT2D eigenvalue weighted by Gasteiger charge is -2.02. The van der Waals surface area contributed by atoms with Gasteiger partial charge in [-0.2, -0.15) is 0 Å². The van der Waals surface area contributed by atoms with E-state index in [2.05, 4.69) is 11.3 Å². The van der Waals surface area contributed by atoms with Gasteiger partial charge in [-0.15, -0.1) is 0 Å². The van der Waals surface area contributed by atoms with Crippen LogP contribution < -0.4 is 0 Å². The predicted molar refractivity (Wildman–Crippen MR) is 42.1 cm³/mol. The van der Waals surface area contributed by atoms with Crippen molar-refractivity contribution in [1.82, 2.24) is 0 Å². The van der Waals surface area contributed by atoms with E-state index in [1.165, 1.54) is 14.0 Å². The molecule has 5 heteroatoms. The summed E-state index contributed by atoms with van der Waals surface area (Å²) in [5.41, 5.74) is 0. The molecule has 0 heterocycles. The number of rotatable bonds is 2. The first kappa shape index (κ1) is 13.7. The zero-order valence-corrected chi connectivity index (χ0v) is 7.10. The minimum Gasteiger partial charge on any atom is -0.466 e. The lowest BCUT2D eigenvalue weighted by atomic mass is 10.4. The van der Waals surface area contributed by atoms with Crippen molar-refractivity contribution in [2.75, 3.05) is 7.11 Å². The molecule has 0 aromatic heterocycles. The van der Waals surface area contributed by atoms with E-state index in [9.17, 15) is 4.79 Å². The summed E-state index contributed by atoms with van der Waals surface area (Å²) in [6.07, 6.45) is -1.52. The van der Waals surface area contributed by atoms with Gasteiger partial charge in [-0.1, -0.05) is 6.58 Å². The first-order chi connectivity index (χ1) is 5.45. The largest absolute Gasteiger partial charge is 0.466 e. The molecule has 0 aliphatic heterocycles. The third-order valence-corrected chi connectivity index (χ3v) is 0.799. The molecule has 0 aromatic carbocycles. The van der Waals surface area contributed by atoms with E-state index in [4.69, 9.17) is 15.3 Å². The summed E-state index contributed by atoms with van der Waals surface area (Å²) in [4.78, 5) is 9.84. The van der Waals surface area contributed by atoms with Crippen LogP contribution in [0.1, 0.15) is 6.92 Å². The van der Waals surface area contributed by atoms with Crippen LogP contribution in [0.3, 0.4) is 0 Å². The molecular weight excluding hydrogens is 164 g/mol. The van der Waals surface area contributed by atoms with Gasteiger partial charge in [-0.05, 0) is 6.92 Å². The summed E-state index contributed by atoms with van der Waals surface area (Å²) in [6.45, 7) is 4.45. The second kappa shape index (κ2) is 8.19. The molecule has 0 radical (unpaired) electrons. The lowest BCUT2D eigenvalue weighted by Crippen LogP contribution is -2.20. The Morgan fingerprint density at radius 3 is 1.83 bits per heavy atom. The zero-order valence-electron chi connectivity index (χ0n) is 7.10. The van der Waals surface area contributed by atoms with Crippen molar-refractivity contribution in [1.29, 1.82) is 0 Å². The molecule has 3 N–H and O–H groups in total. The number of carbonyl (C=O) groups is 1. The van der Waals surface area contributed by atoms with Crippen LogP contribution in [-0.4, -0.2) is 40.8 Å². The molecule has 1 unspecified atom stereocenters. The van der Waals surface area contributed by atoms with E-state index in [0.29, 0.717) is 0 Å². The molecule has 0 fully saturated rings. The molecule has 5 nitrogen and oxygen atoms in total. The number of hydrogen-bond donors (Lipinski definition) is 3. The molecule has 0 aliphatic rings. The van der Waals surface area contributed by atoms with Crippen LogP contribution in [0, 0.1) is 0 Å². The Balaban J connectivity index is 0. The highest BCUT2D eigenvalue weighted by molar-refractivity contribution is 5.80. The second-order valence-electron chi connectivity index (χ2n) is 1.88. The number of hydrogen-bond acceptors (Lipinski definition) is 5. The molecule has 0 saturated carbocycles. The Labute approximate surface area is 70.9 Å². The molecule has 0 amide bonds. The maximum atomic E-state index is 9.84. The SMILES string of the molecule is C=CC(=O)OC.CC(O)C(O)O. The van der Waals surface area contributed by atoms with E-state index in [0.717, 1.165) is 6.08 Å². The molecule has 0 aliphatic carbocycles. The van der Waals surface area contributed by atoms with Crippen molar-refractivity contribution in [3.8, 4) is 0 Å². The van der Waals surface area contributed by atoms with Gasteiger partial charge in [-0.25, -0.2) is 4.79 Å². The Morgan fingerprint density at radius 1 is 1.50 bits per heavy atom. The van der Waals surface area contributed by atoms with Crippen molar-refractivity contribution in [2.45, 2.75) is 19.3 Å². The number of aliphatic hydroxyl groups is 3. The smallest absolute Gasteiger partial charge is 0.329 e. The maximum Gasteiger partial charge on any atom is 0.329 e. The number of esters is 1. The minimum atomic E-state index is -1.59. The minimum absolute atomic E-state index is 0.394. The van der Waals surface area contributed by atoms with Crippen LogP contribution in [-0.2, 0) is 9.53 Å². The molecule has 0 rings (SSSR count). The molecule has 12 heavy (non-hydrogen) atoms. The number of carbonyl (C=O) groups excluding carboxylic acids is 1. The molecule has 0 spiro atoms. The van der Waals surface area contributed by atoms with Gasteiger partial charge in [0, 0.05) is 6.08 Å². The number of methoxy groups -OCH3 is 1. The summed E-state index contributed by atoms with van der Waals surface area (Å²) in [5, 5.41) is 24.0. The monoisotopic (exact) mass is 178 g/mol. The molecule has 0 saturated heterocycles. The highest BCUT2D eigenvalue weighted by atomic mass is 16.5. The van der Waals surface area contributed by atoms with Crippen LogP contribution in [0.15, 0.2) is 12.7 Å². The van der Waals surface area contributed by atoms with Gasteiger partial charge in [0.2, 0.25) is 0 Å². The summed E-state index contributed by atoms with van der Waals surface area (Å²) in [7, 11) is 1.31. The first-order valence-electron chi connectivity index (χ1n) is 3.20. The summed E-state index contributed by atoms with van der Waals surface area (Å²) < 4.78 is 4.14. The maximum absolute atomic E-state index is 9.84. The predicted octanol–water partition coefficient (Wildman–Crippen LogP) is -0.977. The van der Waals surface area contributed by atoms with E-state index >= 15 is 0 Å². The fourth-order valence-electron chi connectivity index (χ4n) is 0.0833. The van der Waals surface area contributed by atoms with Gasteiger partial charge in [0.25, 0.3) is 0 Å². The van der Waals surface area contributed by atoms with Gasteiger partial charge in [0.15, 0.2) is 6.29 Å². The fraction of sp³-hybridized carbons (Fsp3) is 0.571. The van der Waals surface area contributed by atoms with Crippen LogP contribution in [0.2, 0.25) is 0 Å². The van der Waals surface area contributed by atoms with Gasteiger partial charge < -0.3 is 20.1 Å². The Bertz CT molecular complexity index is 124. The van der Waals surface area contributed by atoms with Crippen molar-refractivity contribution < 1.29 is 24.9 Å². The van der Waals surface area contributed by atoms with Gasteiger partial charge in [0.1, 0.15) is 6.10 Å². The van der Waals surface area contributed by atoms with Crippen LogP contribution >= 0.6 is 0 Å².